The number of carbonyl (C=O) groups is 1. The van der Waals surface area contributed by atoms with E-state index in [9.17, 15) is 9.59 Å². The number of hydrogen-bond donors (Lipinski definition) is 0. The summed E-state index contributed by atoms with van der Waals surface area (Å²) in [5.74, 6) is -0.204. The first-order valence-corrected chi connectivity index (χ1v) is 4.80. The molecule has 0 saturated heterocycles. The number of carbonyl (C=O) groups excluding carboxylic acids is 2. The van der Waals surface area contributed by atoms with Gasteiger partial charge in [-0.25, -0.2) is 0 Å². The van der Waals surface area contributed by atoms with Crippen LogP contribution in [0.25, 0.3) is 0 Å². The normalized spacial score (nSPS) is 9.21. The van der Waals surface area contributed by atoms with Crippen LogP contribution < -0.4 is 0 Å². The van der Waals surface area contributed by atoms with Crippen molar-refractivity contribution in [3.63, 3.8) is 0 Å². The zero-order valence-electron chi connectivity index (χ0n) is 7.03. The minimum absolute atomic E-state index is 0.151. The van der Waals surface area contributed by atoms with Gasteiger partial charge in [-0.05, 0) is 24.3 Å². The van der Waals surface area contributed by atoms with E-state index >= 15 is 0 Å². The van der Waals surface area contributed by atoms with E-state index in [1.54, 1.807) is 24.3 Å². The third-order valence-electron chi connectivity index (χ3n) is 1.45. The minimum atomic E-state index is -0.204. The van der Waals surface area contributed by atoms with E-state index < -0.39 is 0 Å². The van der Waals surface area contributed by atoms with Crippen LogP contribution in [0.15, 0.2) is 24.3 Å². The minimum Gasteiger partial charge on any atom is -0.291 e. The molecule has 0 atom stereocenters. The molecular formula is C9H6ClO3S+. The summed E-state index contributed by atoms with van der Waals surface area (Å²) in [6, 6.07) is 6.44. The molecule has 0 fully saturated rings. The molecular weight excluding hydrogens is 224 g/mol. The number of halogens is 1. The van der Waals surface area contributed by atoms with Crippen LogP contribution in [0.3, 0.4) is 0 Å². The molecule has 0 saturated carbocycles. The molecule has 0 aromatic heterocycles. The zero-order valence-corrected chi connectivity index (χ0v) is 8.60. The lowest BCUT2D eigenvalue weighted by molar-refractivity contribution is 0.0935. The molecule has 1 aromatic rings. The number of hydrogen-bond acceptors (Lipinski definition) is 3. The molecule has 0 spiro atoms. The molecule has 5 heteroatoms. The van der Waals surface area contributed by atoms with Crippen molar-refractivity contribution in [2.75, 3.05) is 6.61 Å². The molecule has 0 amide bonds. The summed E-state index contributed by atoms with van der Waals surface area (Å²) in [6.07, 6.45) is 0. The van der Waals surface area contributed by atoms with Crippen molar-refractivity contribution in [1.29, 1.82) is 0 Å². The van der Waals surface area contributed by atoms with E-state index in [0.29, 0.717) is 22.2 Å². The third kappa shape index (κ3) is 3.36. The largest absolute Gasteiger partial charge is 0.497 e. The van der Waals surface area contributed by atoms with Crippen LogP contribution in [-0.2, 0) is 20.6 Å². The lowest BCUT2D eigenvalue weighted by atomic mass is 10.1. The van der Waals surface area contributed by atoms with Gasteiger partial charge in [-0.3, -0.25) is 4.79 Å². The fourth-order valence-electron chi connectivity index (χ4n) is 0.826. The van der Waals surface area contributed by atoms with E-state index in [1.165, 1.54) is 5.23 Å². The van der Waals surface area contributed by atoms with E-state index in [2.05, 4.69) is 4.18 Å². The molecule has 14 heavy (non-hydrogen) atoms. The van der Waals surface area contributed by atoms with Gasteiger partial charge >= 0.3 is 16.9 Å². The number of benzene rings is 1. The molecule has 0 heterocycles. The second-order valence-corrected chi connectivity index (χ2v) is 3.36. The maximum absolute atomic E-state index is 11.3. The molecule has 0 aliphatic carbocycles. The van der Waals surface area contributed by atoms with Crippen LogP contribution in [0.4, 0.5) is 0 Å². The van der Waals surface area contributed by atoms with Crippen LogP contribution in [0.2, 0.25) is 5.02 Å². The van der Waals surface area contributed by atoms with Crippen LogP contribution in [-0.4, -0.2) is 17.6 Å². The smallest absolute Gasteiger partial charge is 0.291 e. The van der Waals surface area contributed by atoms with Crippen molar-refractivity contribution in [3.05, 3.63) is 34.9 Å². The average Bonchev–Trinajstić information content (AvgIpc) is 2.19. The van der Waals surface area contributed by atoms with E-state index in [-0.39, 0.29) is 12.4 Å². The van der Waals surface area contributed by atoms with Crippen LogP contribution >= 0.6 is 11.6 Å². The Morgan fingerprint density at radius 2 is 2.07 bits per heavy atom. The quantitative estimate of drug-likeness (QED) is 0.341. The van der Waals surface area contributed by atoms with Crippen molar-refractivity contribution in [2.24, 2.45) is 0 Å². The Bertz CT molecular complexity index is 368. The summed E-state index contributed by atoms with van der Waals surface area (Å²) in [6.45, 7) is -0.151. The molecule has 0 radical (unpaired) electrons. The predicted molar refractivity (Wildman–Crippen MR) is 54.8 cm³/mol. The summed E-state index contributed by atoms with van der Waals surface area (Å²) in [4.78, 5) is 21.1. The Hall–Kier alpha value is -1.06. The molecule has 0 N–H and O–H groups in total. The van der Waals surface area contributed by atoms with Gasteiger partial charge in [-0.15, -0.1) is 0 Å². The highest BCUT2D eigenvalue weighted by Gasteiger charge is 2.09. The molecule has 0 aliphatic rings. The van der Waals surface area contributed by atoms with E-state index in [0.717, 1.165) is 0 Å². The Labute approximate surface area is 89.8 Å². The van der Waals surface area contributed by atoms with Gasteiger partial charge < -0.3 is 0 Å². The number of Topliss-reactive ketones (excluding diaryl/α,β-unsaturated/α-hetero) is 1. The third-order valence-corrected chi connectivity index (χ3v) is 2.00. The highest BCUT2D eigenvalue weighted by Crippen LogP contribution is 2.09. The second kappa shape index (κ2) is 5.62. The molecule has 72 valence electrons. The lowest BCUT2D eigenvalue weighted by Crippen LogP contribution is -2.06. The average molecular weight is 230 g/mol. The summed E-state index contributed by atoms with van der Waals surface area (Å²) >= 11 is 6.13. The first-order valence-electron chi connectivity index (χ1n) is 3.68. The molecule has 0 bridgehead atoms. The standard InChI is InChI=1S/C9H6ClO3S/c10-8-3-1-7(2-4-8)9(12)5-13-14-6-11/h1-4H,5H2/q+1. The fourth-order valence-corrected chi connectivity index (χ4v) is 1.17. The maximum atomic E-state index is 11.3. The van der Waals surface area contributed by atoms with Crippen molar-refractivity contribution in [3.8, 4) is 0 Å². The zero-order chi connectivity index (χ0) is 10.4. The fraction of sp³-hybridized carbons (Fsp3) is 0.111. The molecule has 1 rings (SSSR count). The van der Waals surface area contributed by atoms with Gasteiger partial charge in [0, 0.05) is 10.6 Å². The summed E-state index contributed by atoms with van der Waals surface area (Å²) in [5, 5.41) is 2.02. The van der Waals surface area contributed by atoms with Gasteiger partial charge in [-0.1, -0.05) is 15.8 Å². The van der Waals surface area contributed by atoms with Gasteiger partial charge in [0.2, 0.25) is 0 Å². The van der Waals surface area contributed by atoms with Gasteiger partial charge in [0.05, 0.1) is 0 Å². The SMILES string of the molecule is O=C=[S+]OCC(=O)c1ccc(Cl)cc1. The number of rotatable bonds is 4. The van der Waals surface area contributed by atoms with Crippen LogP contribution in [0.1, 0.15) is 10.4 Å². The van der Waals surface area contributed by atoms with Crippen molar-refractivity contribution in [2.45, 2.75) is 0 Å². The molecule has 1 aromatic carbocycles. The number of ketones is 1. The van der Waals surface area contributed by atoms with E-state index in [1.807, 2.05) is 0 Å². The summed E-state index contributed by atoms with van der Waals surface area (Å²) < 4.78 is 4.64. The highest BCUT2D eigenvalue weighted by atomic mass is 35.5. The Morgan fingerprint density at radius 3 is 2.64 bits per heavy atom. The second-order valence-electron chi connectivity index (χ2n) is 2.36. The first kappa shape index (κ1) is 11.0. The Morgan fingerprint density at radius 1 is 1.43 bits per heavy atom. The van der Waals surface area contributed by atoms with Crippen molar-refractivity contribution in [1.82, 2.24) is 0 Å². The van der Waals surface area contributed by atoms with Crippen molar-refractivity contribution < 1.29 is 13.8 Å². The highest BCUT2D eigenvalue weighted by molar-refractivity contribution is 7.71. The van der Waals surface area contributed by atoms with Crippen molar-refractivity contribution >= 4 is 34.2 Å². The molecule has 3 nitrogen and oxygen atoms in total. The summed E-state index contributed by atoms with van der Waals surface area (Å²) in [7, 11) is 0. The van der Waals surface area contributed by atoms with E-state index in [4.69, 9.17) is 11.6 Å². The molecule has 0 unspecified atom stereocenters. The Kier molecular flexibility index (Phi) is 4.43. The predicted octanol–water partition coefficient (Wildman–Crippen LogP) is 1.60. The van der Waals surface area contributed by atoms with Gasteiger partial charge in [0.1, 0.15) is 0 Å². The maximum Gasteiger partial charge on any atom is 0.497 e. The van der Waals surface area contributed by atoms with Gasteiger partial charge in [0.25, 0.3) is 0 Å². The summed E-state index contributed by atoms with van der Waals surface area (Å²) in [5.41, 5.74) is 0.501. The lowest BCUT2D eigenvalue weighted by Gasteiger charge is -1.95. The Balaban J connectivity index is 2.60. The van der Waals surface area contributed by atoms with Gasteiger partial charge in [-0.2, -0.15) is 4.79 Å². The molecule has 0 aliphatic heterocycles. The first-order chi connectivity index (χ1) is 6.74. The topological polar surface area (TPSA) is 43.4 Å². The monoisotopic (exact) mass is 229 g/mol. The van der Waals surface area contributed by atoms with Gasteiger partial charge in [0.15, 0.2) is 12.4 Å². The van der Waals surface area contributed by atoms with Crippen LogP contribution in [0, 0.1) is 0 Å². The van der Waals surface area contributed by atoms with Crippen LogP contribution in [0.5, 0.6) is 0 Å².